The molecule has 20 heavy (non-hydrogen) atoms. The molecule has 1 aromatic rings. The van der Waals surface area contributed by atoms with Crippen molar-refractivity contribution in [3.05, 3.63) is 10.7 Å². The molecule has 1 amide bonds. The minimum absolute atomic E-state index is 0.109. The van der Waals surface area contributed by atoms with Crippen molar-refractivity contribution in [2.75, 3.05) is 18.8 Å². The molecule has 1 saturated heterocycles. The van der Waals surface area contributed by atoms with Crippen molar-refractivity contribution in [1.29, 1.82) is 0 Å². The number of rotatable bonds is 1. The van der Waals surface area contributed by atoms with Gasteiger partial charge in [0.15, 0.2) is 5.82 Å². The SMILES string of the molecule is Nc1n[nH]c(C(=O)N2C[C@H]3C[C@H](O)[C@H](O)C[C@H]3C2)c1Cl. The van der Waals surface area contributed by atoms with Gasteiger partial charge in [0.05, 0.1) is 12.2 Å². The molecule has 2 aliphatic rings. The maximum atomic E-state index is 12.4. The van der Waals surface area contributed by atoms with Gasteiger partial charge >= 0.3 is 0 Å². The van der Waals surface area contributed by atoms with E-state index in [-0.39, 0.29) is 34.3 Å². The Morgan fingerprint density at radius 1 is 1.30 bits per heavy atom. The second-order valence-electron chi connectivity index (χ2n) is 5.63. The van der Waals surface area contributed by atoms with E-state index in [0.717, 1.165) is 0 Å². The third-order valence-corrected chi connectivity index (χ3v) is 4.73. The predicted octanol–water partition coefficient (Wildman–Crippen LogP) is -0.151. The fourth-order valence-electron chi connectivity index (χ4n) is 3.22. The standard InChI is InChI=1S/C12H17ClN4O3/c13-9-10(15-16-11(9)14)12(20)17-3-5-1-7(18)8(19)2-6(5)4-17/h5-8,18-19H,1-4H2,(H3,14,15,16)/t5-,6+,7+,8-. The number of carbonyl (C=O) groups is 1. The second-order valence-corrected chi connectivity index (χ2v) is 6.01. The van der Waals surface area contributed by atoms with Crippen LogP contribution in [0.25, 0.3) is 0 Å². The zero-order chi connectivity index (χ0) is 14.4. The maximum Gasteiger partial charge on any atom is 0.273 e. The van der Waals surface area contributed by atoms with Crippen molar-refractivity contribution in [2.24, 2.45) is 11.8 Å². The number of aliphatic hydroxyl groups excluding tert-OH is 2. The van der Waals surface area contributed by atoms with Crippen LogP contribution in [-0.4, -0.2) is 56.5 Å². The molecule has 2 fully saturated rings. The largest absolute Gasteiger partial charge is 0.390 e. The van der Waals surface area contributed by atoms with E-state index >= 15 is 0 Å². The number of anilines is 1. The van der Waals surface area contributed by atoms with E-state index in [0.29, 0.717) is 25.9 Å². The number of halogens is 1. The lowest BCUT2D eigenvalue weighted by Crippen LogP contribution is -2.38. The van der Waals surface area contributed by atoms with Crippen LogP contribution in [-0.2, 0) is 0 Å². The molecule has 0 unspecified atom stereocenters. The highest BCUT2D eigenvalue weighted by molar-refractivity contribution is 6.35. The summed E-state index contributed by atoms with van der Waals surface area (Å²) in [7, 11) is 0. The van der Waals surface area contributed by atoms with Gasteiger partial charge in [-0.05, 0) is 24.7 Å². The minimum Gasteiger partial charge on any atom is -0.390 e. The Hall–Kier alpha value is -1.31. The Morgan fingerprint density at radius 3 is 2.30 bits per heavy atom. The summed E-state index contributed by atoms with van der Waals surface area (Å²) in [6.07, 6.45) is -0.349. The molecule has 0 aromatic carbocycles. The zero-order valence-electron chi connectivity index (χ0n) is 10.8. The van der Waals surface area contributed by atoms with Gasteiger partial charge in [0, 0.05) is 13.1 Å². The summed E-state index contributed by atoms with van der Waals surface area (Å²) in [5.74, 6) is 0.308. The highest BCUT2D eigenvalue weighted by Crippen LogP contribution is 2.37. The number of fused-ring (bicyclic) bond motifs is 1. The summed E-state index contributed by atoms with van der Waals surface area (Å²) < 4.78 is 0. The number of nitrogens with two attached hydrogens (primary N) is 1. The molecule has 0 bridgehead atoms. The minimum atomic E-state index is -0.697. The number of likely N-dealkylation sites (tertiary alicyclic amines) is 1. The van der Waals surface area contributed by atoms with Gasteiger partial charge in [-0.15, -0.1) is 0 Å². The van der Waals surface area contributed by atoms with E-state index in [1.54, 1.807) is 4.90 Å². The molecule has 1 aromatic heterocycles. The average Bonchev–Trinajstić information content (AvgIpc) is 2.95. The number of carbonyl (C=O) groups excluding carboxylic acids is 1. The molecule has 0 radical (unpaired) electrons. The number of nitrogen functional groups attached to an aromatic ring is 1. The van der Waals surface area contributed by atoms with Crippen molar-refractivity contribution in [3.8, 4) is 0 Å². The lowest BCUT2D eigenvalue weighted by molar-refractivity contribution is -0.0372. The molecule has 0 spiro atoms. The van der Waals surface area contributed by atoms with Crippen molar-refractivity contribution in [1.82, 2.24) is 15.1 Å². The fraction of sp³-hybridized carbons (Fsp3) is 0.667. The van der Waals surface area contributed by atoms with Crippen molar-refractivity contribution < 1.29 is 15.0 Å². The summed E-state index contributed by atoms with van der Waals surface area (Å²) in [5.41, 5.74) is 5.72. The predicted molar refractivity (Wildman–Crippen MR) is 72.1 cm³/mol. The first-order valence-electron chi connectivity index (χ1n) is 6.62. The van der Waals surface area contributed by atoms with Gasteiger partial charge in [0.1, 0.15) is 10.7 Å². The van der Waals surface area contributed by atoms with E-state index in [1.807, 2.05) is 0 Å². The quantitative estimate of drug-likeness (QED) is 0.576. The molecule has 4 atom stereocenters. The number of aromatic nitrogens is 2. The van der Waals surface area contributed by atoms with Crippen LogP contribution >= 0.6 is 11.6 Å². The van der Waals surface area contributed by atoms with Gasteiger partial charge in [-0.25, -0.2) is 0 Å². The van der Waals surface area contributed by atoms with Crippen molar-refractivity contribution in [3.63, 3.8) is 0 Å². The average molecular weight is 301 g/mol. The summed E-state index contributed by atoms with van der Waals surface area (Å²) in [6.45, 7) is 1.12. The number of amides is 1. The number of H-pyrrole nitrogens is 1. The van der Waals surface area contributed by atoms with Gasteiger partial charge in [0.2, 0.25) is 0 Å². The van der Waals surface area contributed by atoms with Crippen molar-refractivity contribution >= 4 is 23.3 Å². The van der Waals surface area contributed by atoms with E-state index in [2.05, 4.69) is 10.2 Å². The van der Waals surface area contributed by atoms with Crippen LogP contribution in [0.5, 0.6) is 0 Å². The molecule has 3 rings (SSSR count). The molecule has 2 heterocycles. The lowest BCUT2D eigenvalue weighted by Gasteiger charge is -2.31. The van der Waals surface area contributed by atoms with Crippen LogP contribution in [0.3, 0.4) is 0 Å². The van der Waals surface area contributed by atoms with Crippen LogP contribution in [0.4, 0.5) is 5.82 Å². The summed E-state index contributed by atoms with van der Waals surface area (Å²) in [4.78, 5) is 14.1. The number of nitrogens with zero attached hydrogens (tertiary/aromatic N) is 2. The number of nitrogens with one attached hydrogen (secondary N) is 1. The topological polar surface area (TPSA) is 115 Å². The molecular formula is C12H17ClN4O3. The van der Waals surface area contributed by atoms with E-state index in [9.17, 15) is 15.0 Å². The van der Waals surface area contributed by atoms with E-state index in [1.165, 1.54) is 0 Å². The molecule has 8 heteroatoms. The van der Waals surface area contributed by atoms with Gasteiger partial charge in [0.25, 0.3) is 5.91 Å². The normalized spacial score (nSPS) is 33.2. The fourth-order valence-corrected chi connectivity index (χ4v) is 3.38. The van der Waals surface area contributed by atoms with Gasteiger partial charge in [-0.2, -0.15) is 5.10 Å². The molecule has 1 aliphatic heterocycles. The molecule has 1 aliphatic carbocycles. The van der Waals surface area contributed by atoms with Crippen LogP contribution in [0, 0.1) is 11.8 Å². The molecule has 5 N–H and O–H groups in total. The van der Waals surface area contributed by atoms with E-state index in [4.69, 9.17) is 17.3 Å². The van der Waals surface area contributed by atoms with E-state index < -0.39 is 12.2 Å². The smallest absolute Gasteiger partial charge is 0.273 e. The second kappa shape index (κ2) is 4.91. The third-order valence-electron chi connectivity index (χ3n) is 4.34. The highest BCUT2D eigenvalue weighted by atomic mass is 35.5. The maximum absolute atomic E-state index is 12.4. The molecular weight excluding hydrogens is 284 g/mol. The Balaban J connectivity index is 1.74. The summed E-state index contributed by atoms with van der Waals surface area (Å²) in [6, 6.07) is 0. The Labute approximate surface area is 120 Å². The monoisotopic (exact) mass is 300 g/mol. The molecule has 1 saturated carbocycles. The Bertz CT molecular complexity index is 517. The first-order chi connectivity index (χ1) is 9.47. The number of aromatic amines is 1. The highest BCUT2D eigenvalue weighted by Gasteiger charge is 2.43. The summed E-state index contributed by atoms with van der Waals surface area (Å²) >= 11 is 5.94. The first kappa shape index (κ1) is 13.7. The molecule has 110 valence electrons. The zero-order valence-corrected chi connectivity index (χ0v) is 11.5. The Morgan fingerprint density at radius 2 is 1.85 bits per heavy atom. The number of aliphatic hydroxyl groups is 2. The van der Waals surface area contributed by atoms with Gasteiger partial charge < -0.3 is 20.8 Å². The number of hydrogen-bond acceptors (Lipinski definition) is 5. The Kier molecular flexibility index (Phi) is 3.35. The van der Waals surface area contributed by atoms with Crippen molar-refractivity contribution in [2.45, 2.75) is 25.0 Å². The lowest BCUT2D eigenvalue weighted by atomic mass is 9.79. The van der Waals surface area contributed by atoms with Crippen LogP contribution in [0.2, 0.25) is 5.02 Å². The number of hydrogen-bond donors (Lipinski definition) is 4. The first-order valence-corrected chi connectivity index (χ1v) is 7.00. The molecule has 7 nitrogen and oxygen atoms in total. The van der Waals surface area contributed by atoms with Crippen LogP contribution in [0.1, 0.15) is 23.3 Å². The van der Waals surface area contributed by atoms with Crippen LogP contribution in [0.15, 0.2) is 0 Å². The summed E-state index contributed by atoms with van der Waals surface area (Å²) in [5, 5.41) is 25.8. The third kappa shape index (κ3) is 2.15. The van der Waals surface area contributed by atoms with Gasteiger partial charge in [-0.3, -0.25) is 9.89 Å². The van der Waals surface area contributed by atoms with Gasteiger partial charge in [-0.1, -0.05) is 11.6 Å². The van der Waals surface area contributed by atoms with Crippen LogP contribution < -0.4 is 5.73 Å².